The summed E-state index contributed by atoms with van der Waals surface area (Å²) in [5.74, 6) is 1.01. The maximum absolute atomic E-state index is 12.4. The van der Waals surface area contributed by atoms with Crippen molar-refractivity contribution in [2.75, 3.05) is 6.61 Å². The molecule has 0 saturated heterocycles. The van der Waals surface area contributed by atoms with Gasteiger partial charge >= 0.3 is 0 Å². The highest BCUT2D eigenvalue weighted by molar-refractivity contribution is 6.98. The van der Waals surface area contributed by atoms with Gasteiger partial charge in [-0.05, 0) is 40.2 Å². The van der Waals surface area contributed by atoms with Crippen LogP contribution in [0.3, 0.4) is 0 Å². The Labute approximate surface area is 234 Å². The number of rotatable bonds is 11. The van der Waals surface area contributed by atoms with Crippen LogP contribution >= 0.6 is 0 Å². The lowest BCUT2D eigenvalue weighted by Gasteiger charge is -2.41. The first kappa shape index (κ1) is 27.6. The first-order valence-corrected chi connectivity index (χ1v) is 16.1. The summed E-state index contributed by atoms with van der Waals surface area (Å²) >= 11 is 0. The van der Waals surface area contributed by atoms with Crippen molar-refractivity contribution in [3.8, 4) is 11.3 Å². The van der Waals surface area contributed by atoms with Crippen LogP contribution in [0.4, 0.5) is 0 Å². The third-order valence-corrected chi connectivity index (χ3v) is 13.0. The van der Waals surface area contributed by atoms with E-state index in [1.54, 1.807) is 0 Å². The molecule has 202 valence electrons. The van der Waals surface area contributed by atoms with Gasteiger partial charge in [-0.15, -0.1) is 0 Å². The number of nitrogens with zero attached hydrogens (tertiary/aromatic N) is 2. The summed E-state index contributed by atoms with van der Waals surface area (Å²) in [4.78, 5) is 17.2. The van der Waals surface area contributed by atoms with Crippen LogP contribution in [0.15, 0.2) is 91.1 Å². The van der Waals surface area contributed by atoms with Crippen LogP contribution in [0.1, 0.15) is 44.5 Å². The molecule has 2 N–H and O–H groups in total. The molecular weight excluding hydrogens is 497 g/mol. The van der Waals surface area contributed by atoms with Gasteiger partial charge in [-0.3, -0.25) is 0 Å². The first-order valence-electron chi connectivity index (χ1n) is 14.1. The maximum atomic E-state index is 12.4. The molecule has 39 heavy (non-hydrogen) atoms. The van der Waals surface area contributed by atoms with Crippen molar-refractivity contribution < 1.29 is 9.53 Å². The minimum Gasteiger partial charge on any atom is -0.424 e. The van der Waals surface area contributed by atoms with Crippen LogP contribution in [0.25, 0.3) is 11.3 Å². The molecule has 0 fully saturated rings. The lowest BCUT2D eigenvalue weighted by molar-refractivity contribution is 0.0816. The Hall–Kier alpha value is -2.97. The van der Waals surface area contributed by atoms with Crippen molar-refractivity contribution in [3.63, 3.8) is 0 Å². The highest BCUT2D eigenvalue weighted by Crippen LogP contribution is 2.40. The average Bonchev–Trinajstić information content (AvgIpc) is 3.42. The molecule has 0 aliphatic carbocycles. The molecule has 3 aromatic carbocycles. The fraction of sp³-hybridized carbons (Fsp3) is 0.344. The highest BCUT2D eigenvalue weighted by atomic mass is 28.4. The Kier molecular flexibility index (Phi) is 8.52. The van der Waals surface area contributed by atoms with Gasteiger partial charge in [0.2, 0.25) is 0 Å². The van der Waals surface area contributed by atoms with E-state index in [1.165, 1.54) is 5.56 Å². The van der Waals surface area contributed by atoms with Crippen molar-refractivity contribution in [1.29, 1.82) is 0 Å². The molecule has 1 aliphatic rings. The zero-order valence-corrected chi connectivity index (χ0v) is 24.4. The zero-order chi connectivity index (χ0) is 27.3. The van der Waals surface area contributed by atoms with E-state index in [1.807, 2.05) is 36.4 Å². The van der Waals surface area contributed by atoms with E-state index >= 15 is 0 Å². The molecule has 0 saturated carbocycles. The van der Waals surface area contributed by atoms with Gasteiger partial charge in [-0.25, -0.2) is 4.98 Å². The van der Waals surface area contributed by atoms with Gasteiger partial charge in [0.1, 0.15) is 12.4 Å². The van der Waals surface area contributed by atoms with Crippen LogP contribution in [-0.2, 0) is 24.3 Å². The Morgan fingerprint density at radius 3 is 2.23 bits per heavy atom. The van der Waals surface area contributed by atoms with E-state index in [0.29, 0.717) is 12.6 Å². The van der Waals surface area contributed by atoms with Crippen molar-refractivity contribution >= 4 is 26.7 Å². The molecule has 5 rings (SSSR count). The van der Waals surface area contributed by atoms with Gasteiger partial charge < -0.3 is 19.3 Å². The minimum absolute atomic E-state index is 0.218. The van der Waals surface area contributed by atoms with Crippen molar-refractivity contribution in [2.45, 2.75) is 63.8 Å². The standard InChI is InChI=1S/C32H40BN3O2Si/c1-32(2,39(37,28-11-5-3-6-12-28)29-13-7-4-8-14-29)19-9-10-27(35-33)22-25-15-17-26(18-16-25)30-23-36-20-21-38-24-31(36)34-30/h3-8,11-18,23,27,35,37H,9-10,19-22,24,33H2,1-2H3. The maximum Gasteiger partial charge on any atom is 0.258 e. The summed E-state index contributed by atoms with van der Waals surface area (Å²) in [5.41, 5.74) is 3.49. The number of benzene rings is 3. The van der Waals surface area contributed by atoms with Crippen LogP contribution < -0.4 is 15.6 Å². The minimum atomic E-state index is -2.96. The number of hydrogen-bond acceptors (Lipinski definition) is 4. The summed E-state index contributed by atoms with van der Waals surface area (Å²) in [7, 11) is -0.908. The molecule has 7 heteroatoms. The molecule has 1 aromatic heterocycles. The van der Waals surface area contributed by atoms with Gasteiger partial charge in [0.15, 0.2) is 7.98 Å². The lowest BCUT2D eigenvalue weighted by Crippen LogP contribution is -2.65. The summed E-state index contributed by atoms with van der Waals surface area (Å²) in [6.45, 7) is 6.73. The van der Waals surface area contributed by atoms with Crippen molar-refractivity contribution in [2.24, 2.45) is 0 Å². The number of nitrogens with one attached hydrogen (secondary N) is 1. The third-order valence-electron chi connectivity index (χ3n) is 8.42. The Bertz CT molecular complexity index is 1280. The van der Waals surface area contributed by atoms with Crippen LogP contribution in [0.2, 0.25) is 5.04 Å². The van der Waals surface area contributed by atoms with Crippen LogP contribution in [-0.4, -0.2) is 43.3 Å². The molecule has 1 atom stereocenters. The van der Waals surface area contributed by atoms with Crippen LogP contribution in [0.5, 0.6) is 0 Å². The molecule has 0 radical (unpaired) electrons. The van der Waals surface area contributed by atoms with Gasteiger partial charge in [0.25, 0.3) is 8.32 Å². The first-order chi connectivity index (χ1) is 18.9. The van der Waals surface area contributed by atoms with E-state index in [4.69, 9.17) is 9.72 Å². The molecule has 0 spiro atoms. The molecule has 1 unspecified atom stereocenters. The lowest BCUT2D eigenvalue weighted by atomic mass is 9.96. The van der Waals surface area contributed by atoms with Gasteiger partial charge in [-0.2, -0.15) is 0 Å². The molecule has 4 aromatic rings. The van der Waals surface area contributed by atoms with Gasteiger partial charge in [0, 0.05) is 24.3 Å². The van der Waals surface area contributed by atoms with E-state index in [-0.39, 0.29) is 5.04 Å². The number of hydrogen-bond donors (Lipinski definition) is 2. The molecule has 2 heterocycles. The van der Waals surface area contributed by atoms with E-state index in [0.717, 1.165) is 66.3 Å². The topological polar surface area (TPSA) is 59.3 Å². The summed E-state index contributed by atoms with van der Waals surface area (Å²) in [6, 6.07) is 29.9. The second kappa shape index (κ2) is 12.0. The Balaban J connectivity index is 1.23. The van der Waals surface area contributed by atoms with Crippen molar-refractivity contribution in [3.05, 3.63) is 103 Å². The van der Waals surface area contributed by atoms with Gasteiger partial charge in [-0.1, -0.05) is 105 Å². The number of aromatic nitrogens is 2. The predicted octanol–water partition coefficient (Wildman–Crippen LogP) is 3.83. The predicted molar refractivity (Wildman–Crippen MR) is 165 cm³/mol. The summed E-state index contributed by atoms with van der Waals surface area (Å²) < 4.78 is 7.73. The van der Waals surface area contributed by atoms with Gasteiger partial charge in [0.05, 0.1) is 12.3 Å². The Morgan fingerprint density at radius 1 is 1.00 bits per heavy atom. The fourth-order valence-electron chi connectivity index (χ4n) is 5.95. The van der Waals surface area contributed by atoms with Crippen LogP contribution in [0, 0.1) is 0 Å². The zero-order valence-electron chi connectivity index (χ0n) is 23.4. The third kappa shape index (κ3) is 5.97. The smallest absolute Gasteiger partial charge is 0.258 e. The largest absolute Gasteiger partial charge is 0.424 e. The normalized spacial score (nSPS) is 14.6. The monoisotopic (exact) mass is 537 g/mol. The highest BCUT2D eigenvalue weighted by Gasteiger charge is 2.49. The second-order valence-corrected chi connectivity index (χ2v) is 15.3. The Morgan fingerprint density at radius 2 is 1.64 bits per heavy atom. The molecular formula is C32H40BN3O2Si. The second-order valence-electron chi connectivity index (χ2n) is 11.4. The average molecular weight is 538 g/mol. The van der Waals surface area contributed by atoms with Crippen molar-refractivity contribution in [1.82, 2.24) is 14.8 Å². The molecule has 0 amide bonds. The number of imidazole rings is 1. The molecule has 0 bridgehead atoms. The molecule has 1 aliphatic heterocycles. The quantitative estimate of drug-likeness (QED) is 0.286. The SMILES string of the molecule is BNC(CCCC(C)(C)[Si](O)(c1ccccc1)c1ccccc1)Cc1ccc(-c2cn3c(n2)COCC3)cc1. The van der Waals surface area contributed by atoms with E-state index in [2.05, 4.69) is 86.4 Å². The fourth-order valence-corrected chi connectivity index (χ4v) is 9.74. The summed E-state index contributed by atoms with van der Waals surface area (Å²) in [6.07, 6.45) is 6.19. The summed E-state index contributed by atoms with van der Waals surface area (Å²) in [5, 5.41) is 5.48. The van der Waals surface area contributed by atoms with E-state index < -0.39 is 8.32 Å². The van der Waals surface area contributed by atoms with E-state index in [9.17, 15) is 4.80 Å². The number of ether oxygens (including phenoxy) is 1. The molecule has 5 nitrogen and oxygen atoms in total. The number of fused-ring (bicyclic) bond motifs is 1.